The van der Waals surface area contributed by atoms with Crippen molar-refractivity contribution in [2.45, 2.75) is 76.5 Å². The Balaban J connectivity index is 1.68. The zero-order valence-corrected chi connectivity index (χ0v) is 9.95. The van der Waals surface area contributed by atoms with E-state index < -0.39 is 0 Å². The van der Waals surface area contributed by atoms with Gasteiger partial charge in [-0.3, -0.25) is 0 Å². The van der Waals surface area contributed by atoms with E-state index in [1.165, 1.54) is 38.5 Å². The highest BCUT2D eigenvalue weighted by atomic mass is 16.5. The van der Waals surface area contributed by atoms with Gasteiger partial charge in [0.15, 0.2) is 0 Å². The van der Waals surface area contributed by atoms with Crippen LogP contribution in [0.4, 0.5) is 0 Å². The summed E-state index contributed by atoms with van der Waals surface area (Å²) in [5.41, 5.74) is 5.89. The van der Waals surface area contributed by atoms with Crippen LogP contribution in [0.25, 0.3) is 0 Å². The van der Waals surface area contributed by atoms with Gasteiger partial charge in [-0.15, -0.1) is 0 Å². The van der Waals surface area contributed by atoms with E-state index in [-0.39, 0.29) is 0 Å². The van der Waals surface area contributed by atoms with Crippen molar-refractivity contribution in [2.24, 2.45) is 11.7 Å². The van der Waals surface area contributed by atoms with E-state index in [0.29, 0.717) is 18.2 Å². The van der Waals surface area contributed by atoms with Gasteiger partial charge in [-0.05, 0) is 50.9 Å². The van der Waals surface area contributed by atoms with E-state index in [1.54, 1.807) is 0 Å². The maximum Gasteiger partial charge on any atom is 0.0594 e. The van der Waals surface area contributed by atoms with Gasteiger partial charge in [0.1, 0.15) is 0 Å². The van der Waals surface area contributed by atoms with E-state index in [9.17, 15) is 0 Å². The lowest BCUT2D eigenvalue weighted by molar-refractivity contribution is -0.0335. The molecule has 2 N–H and O–H groups in total. The lowest BCUT2D eigenvalue weighted by atomic mass is 9.86. The highest BCUT2D eigenvalue weighted by Gasteiger charge is 2.27. The molecule has 0 aromatic rings. The smallest absolute Gasteiger partial charge is 0.0594 e. The summed E-state index contributed by atoms with van der Waals surface area (Å²) in [5.74, 6) is 0.968. The molecule has 0 radical (unpaired) electrons. The molecule has 2 atom stereocenters. The van der Waals surface area contributed by atoms with Crippen molar-refractivity contribution in [3.05, 3.63) is 0 Å². The van der Waals surface area contributed by atoms with Crippen molar-refractivity contribution in [3.8, 4) is 0 Å². The van der Waals surface area contributed by atoms with E-state index in [4.69, 9.17) is 10.5 Å². The fourth-order valence-electron chi connectivity index (χ4n) is 3.05. The van der Waals surface area contributed by atoms with E-state index in [2.05, 4.69) is 6.92 Å². The standard InChI is InChI=1S/C13H25NO/c1-2-10-3-6-12(7-4-10)15-13-8-5-11(14)9-13/h10-13H,2-9,14H2,1H3. The summed E-state index contributed by atoms with van der Waals surface area (Å²) < 4.78 is 6.14. The predicted molar refractivity (Wildman–Crippen MR) is 62.7 cm³/mol. The second-order valence-electron chi connectivity index (χ2n) is 5.38. The molecule has 0 aliphatic heterocycles. The van der Waals surface area contributed by atoms with Gasteiger partial charge in [0.2, 0.25) is 0 Å². The predicted octanol–water partition coefficient (Wildman–Crippen LogP) is 2.85. The molecule has 0 heterocycles. The van der Waals surface area contributed by atoms with Crippen LogP contribution in [0.2, 0.25) is 0 Å². The normalized spacial score (nSPS) is 42.0. The van der Waals surface area contributed by atoms with Gasteiger partial charge in [-0.25, -0.2) is 0 Å². The molecule has 2 rings (SSSR count). The summed E-state index contributed by atoms with van der Waals surface area (Å²) in [6.45, 7) is 2.31. The summed E-state index contributed by atoms with van der Waals surface area (Å²) in [6.07, 6.45) is 11.1. The van der Waals surface area contributed by atoms with Gasteiger partial charge < -0.3 is 10.5 Å². The summed E-state index contributed by atoms with van der Waals surface area (Å²) in [5, 5.41) is 0. The molecule has 15 heavy (non-hydrogen) atoms. The number of nitrogens with two attached hydrogens (primary N) is 1. The van der Waals surface area contributed by atoms with Crippen molar-refractivity contribution in [2.75, 3.05) is 0 Å². The van der Waals surface area contributed by atoms with Crippen LogP contribution >= 0.6 is 0 Å². The monoisotopic (exact) mass is 211 g/mol. The first-order chi connectivity index (χ1) is 7.28. The quantitative estimate of drug-likeness (QED) is 0.779. The van der Waals surface area contributed by atoms with Gasteiger partial charge in [0, 0.05) is 6.04 Å². The van der Waals surface area contributed by atoms with E-state index in [1.807, 2.05) is 0 Å². The fraction of sp³-hybridized carbons (Fsp3) is 1.00. The summed E-state index contributed by atoms with van der Waals surface area (Å²) in [6, 6.07) is 0.405. The molecule has 2 nitrogen and oxygen atoms in total. The lowest BCUT2D eigenvalue weighted by Crippen LogP contribution is -2.26. The number of ether oxygens (including phenoxy) is 1. The minimum absolute atomic E-state index is 0.405. The minimum atomic E-state index is 0.405. The Morgan fingerprint density at radius 3 is 2.20 bits per heavy atom. The molecule has 0 aromatic carbocycles. The van der Waals surface area contributed by atoms with Crippen LogP contribution in [0, 0.1) is 5.92 Å². The van der Waals surface area contributed by atoms with Crippen molar-refractivity contribution in [1.29, 1.82) is 0 Å². The van der Waals surface area contributed by atoms with E-state index in [0.717, 1.165) is 18.8 Å². The Bertz CT molecular complexity index is 187. The Kier molecular flexibility index (Phi) is 4.04. The fourth-order valence-corrected chi connectivity index (χ4v) is 3.05. The average molecular weight is 211 g/mol. The van der Waals surface area contributed by atoms with Crippen molar-refractivity contribution in [1.82, 2.24) is 0 Å². The van der Waals surface area contributed by atoms with Gasteiger partial charge >= 0.3 is 0 Å². The van der Waals surface area contributed by atoms with Crippen molar-refractivity contribution >= 4 is 0 Å². The second-order valence-corrected chi connectivity index (χ2v) is 5.38. The van der Waals surface area contributed by atoms with Crippen LogP contribution in [-0.4, -0.2) is 18.2 Å². The third kappa shape index (κ3) is 3.18. The van der Waals surface area contributed by atoms with Crippen molar-refractivity contribution in [3.63, 3.8) is 0 Å². The Labute approximate surface area is 93.6 Å². The zero-order valence-electron chi connectivity index (χ0n) is 9.95. The lowest BCUT2D eigenvalue weighted by Gasteiger charge is -2.30. The molecule has 0 spiro atoms. The largest absolute Gasteiger partial charge is 0.375 e. The van der Waals surface area contributed by atoms with Crippen LogP contribution in [0.15, 0.2) is 0 Å². The second kappa shape index (κ2) is 5.31. The van der Waals surface area contributed by atoms with Crippen LogP contribution in [0.1, 0.15) is 58.3 Å². The zero-order chi connectivity index (χ0) is 10.7. The van der Waals surface area contributed by atoms with E-state index >= 15 is 0 Å². The summed E-state index contributed by atoms with van der Waals surface area (Å²) >= 11 is 0. The molecule has 0 saturated heterocycles. The molecule has 2 saturated carbocycles. The Morgan fingerprint density at radius 1 is 1.00 bits per heavy atom. The average Bonchev–Trinajstić information content (AvgIpc) is 2.65. The first-order valence-corrected chi connectivity index (χ1v) is 6.69. The summed E-state index contributed by atoms with van der Waals surface area (Å²) in [7, 11) is 0. The molecule has 88 valence electrons. The molecule has 2 heteroatoms. The highest BCUT2D eigenvalue weighted by molar-refractivity contribution is 4.80. The van der Waals surface area contributed by atoms with Gasteiger partial charge in [0.05, 0.1) is 12.2 Å². The highest BCUT2D eigenvalue weighted by Crippen LogP contribution is 2.31. The van der Waals surface area contributed by atoms with Crippen LogP contribution in [-0.2, 0) is 4.74 Å². The maximum absolute atomic E-state index is 6.14. The number of hydrogen-bond donors (Lipinski definition) is 1. The topological polar surface area (TPSA) is 35.2 Å². The first-order valence-electron chi connectivity index (χ1n) is 6.69. The van der Waals surface area contributed by atoms with Gasteiger partial charge in [0.25, 0.3) is 0 Å². The van der Waals surface area contributed by atoms with Gasteiger partial charge in [-0.2, -0.15) is 0 Å². The van der Waals surface area contributed by atoms with Crippen LogP contribution in [0.3, 0.4) is 0 Å². The van der Waals surface area contributed by atoms with Crippen LogP contribution < -0.4 is 5.73 Å². The Morgan fingerprint density at radius 2 is 1.67 bits per heavy atom. The molecule has 0 bridgehead atoms. The SMILES string of the molecule is CCC1CCC(OC2CCC(N)C2)CC1. The third-order valence-electron chi connectivity index (χ3n) is 4.18. The third-order valence-corrected chi connectivity index (χ3v) is 4.18. The van der Waals surface area contributed by atoms with Gasteiger partial charge in [-0.1, -0.05) is 13.3 Å². The maximum atomic E-state index is 6.14. The number of hydrogen-bond acceptors (Lipinski definition) is 2. The molecular weight excluding hydrogens is 186 g/mol. The van der Waals surface area contributed by atoms with Crippen LogP contribution in [0.5, 0.6) is 0 Å². The summed E-state index contributed by atoms with van der Waals surface area (Å²) in [4.78, 5) is 0. The molecule has 2 fully saturated rings. The molecular formula is C13H25NO. The molecule has 2 unspecified atom stereocenters. The minimum Gasteiger partial charge on any atom is -0.375 e. The first kappa shape index (κ1) is 11.4. The molecule has 0 amide bonds. The Hall–Kier alpha value is -0.0800. The molecule has 0 aromatic heterocycles. The van der Waals surface area contributed by atoms with Crippen molar-refractivity contribution < 1.29 is 4.74 Å². The molecule has 2 aliphatic rings. The number of rotatable bonds is 3. The molecule has 2 aliphatic carbocycles.